The Morgan fingerprint density at radius 1 is 1.21 bits per heavy atom. The van der Waals surface area contributed by atoms with Crippen molar-refractivity contribution < 1.29 is 4.52 Å². The molecule has 0 N–H and O–H groups in total. The summed E-state index contributed by atoms with van der Waals surface area (Å²) in [5.41, 5.74) is 2.32. The van der Waals surface area contributed by atoms with Gasteiger partial charge < -0.3 is 14.0 Å². The van der Waals surface area contributed by atoms with E-state index in [4.69, 9.17) is 4.52 Å². The average molecular weight is 416 g/mol. The van der Waals surface area contributed by atoms with Gasteiger partial charge in [0, 0.05) is 73.9 Å². The number of nitrogens with zero attached hydrogens (tertiary/aromatic N) is 5. The van der Waals surface area contributed by atoms with Gasteiger partial charge in [-0.1, -0.05) is 25.1 Å². The molecule has 0 aromatic carbocycles. The molecule has 2 saturated heterocycles. The number of hydrogen-bond acceptors (Lipinski definition) is 7. The largest absolute Gasteiger partial charge is 0.324 e. The number of piperidine rings is 1. The summed E-state index contributed by atoms with van der Waals surface area (Å²) in [7, 11) is 0. The van der Waals surface area contributed by atoms with Crippen molar-refractivity contribution in [1.29, 1.82) is 0 Å². The van der Waals surface area contributed by atoms with E-state index in [1.54, 1.807) is 0 Å². The van der Waals surface area contributed by atoms with Crippen molar-refractivity contribution >= 4 is 17.8 Å². The zero-order chi connectivity index (χ0) is 20.0. The number of thioether (sulfide) groups is 1. The quantitative estimate of drug-likeness (QED) is 0.760. The third-order valence-corrected chi connectivity index (χ3v) is 7.34. The summed E-state index contributed by atoms with van der Waals surface area (Å²) in [5, 5.41) is 4.12. The molecule has 2 bridgehead atoms. The lowest BCUT2D eigenvalue weighted by molar-refractivity contribution is 0.263. The highest BCUT2D eigenvalue weighted by Gasteiger charge is 2.36. The smallest absolute Gasteiger partial charge is 0.323 e. The molecule has 0 radical (unpaired) electrons. The maximum Gasteiger partial charge on any atom is 0.324 e. The van der Waals surface area contributed by atoms with E-state index in [0.29, 0.717) is 17.9 Å². The molecular formula is C21H29N5O2S. The number of rotatable bonds is 4. The Bertz CT molecular complexity index is 933. The van der Waals surface area contributed by atoms with E-state index in [1.807, 2.05) is 11.8 Å². The summed E-state index contributed by atoms with van der Waals surface area (Å²) in [4.78, 5) is 22.4. The highest BCUT2D eigenvalue weighted by atomic mass is 32.2. The lowest BCUT2D eigenvalue weighted by Crippen LogP contribution is -2.48. The molecular weight excluding hydrogens is 386 g/mol. The van der Waals surface area contributed by atoms with Gasteiger partial charge in [0.15, 0.2) is 5.82 Å². The minimum Gasteiger partial charge on any atom is -0.323 e. The molecule has 156 valence electrons. The Hall–Kier alpha value is -1.80. The molecule has 2 atom stereocenters. The van der Waals surface area contributed by atoms with E-state index in [9.17, 15) is 4.79 Å². The van der Waals surface area contributed by atoms with E-state index >= 15 is 0 Å². The zero-order valence-electron chi connectivity index (χ0n) is 17.2. The van der Waals surface area contributed by atoms with Crippen molar-refractivity contribution in [2.45, 2.75) is 45.2 Å². The van der Waals surface area contributed by atoms with Crippen LogP contribution in [-0.4, -0.2) is 57.3 Å². The number of aromatic nitrogens is 3. The van der Waals surface area contributed by atoms with Gasteiger partial charge in [0.25, 0.3) is 5.56 Å². The van der Waals surface area contributed by atoms with Gasteiger partial charge in [-0.25, -0.2) is 0 Å². The van der Waals surface area contributed by atoms with Crippen LogP contribution >= 0.6 is 11.8 Å². The summed E-state index contributed by atoms with van der Waals surface area (Å²) in [6.07, 6.45) is 1.13. The van der Waals surface area contributed by atoms with Crippen molar-refractivity contribution in [3.8, 4) is 0 Å². The molecule has 0 unspecified atom stereocenters. The van der Waals surface area contributed by atoms with Gasteiger partial charge in [-0.15, -0.1) is 0 Å². The normalized spacial score (nSPS) is 24.7. The lowest BCUT2D eigenvalue weighted by Gasteiger charge is -2.42. The Morgan fingerprint density at radius 2 is 2.03 bits per heavy atom. The highest BCUT2D eigenvalue weighted by molar-refractivity contribution is 7.99. The van der Waals surface area contributed by atoms with Crippen molar-refractivity contribution in [3.63, 3.8) is 0 Å². The second-order valence-corrected chi connectivity index (χ2v) is 10.1. The molecule has 2 aromatic heterocycles. The van der Waals surface area contributed by atoms with Crippen LogP contribution in [0, 0.1) is 5.92 Å². The van der Waals surface area contributed by atoms with Gasteiger partial charge in [0.1, 0.15) is 0 Å². The van der Waals surface area contributed by atoms with Crippen LogP contribution < -0.4 is 10.5 Å². The molecule has 5 heterocycles. The second kappa shape index (κ2) is 7.80. The van der Waals surface area contributed by atoms with Crippen LogP contribution in [-0.2, 0) is 13.1 Å². The first kappa shape index (κ1) is 19.2. The van der Waals surface area contributed by atoms with Gasteiger partial charge in [-0.05, 0) is 18.4 Å². The first-order chi connectivity index (χ1) is 14.1. The van der Waals surface area contributed by atoms with Crippen molar-refractivity contribution in [3.05, 3.63) is 39.6 Å². The fourth-order valence-corrected chi connectivity index (χ4v) is 5.84. The number of hydrogen-bond donors (Lipinski definition) is 0. The maximum atomic E-state index is 13.2. The van der Waals surface area contributed by atoms with Crippen molar-refractivity contribution in [1.82, 2.24) is 19.6 Å². The summed E-state index contributed by atoms with van der Waals surface area (Å²) in [5.74, 6) is 4.13. The van der Waals surface area contributed by atoms with Crippen LogP contribution in [0.25, 0.3) is 0 Å². The molecule has 2 fully saturated rings. The van der Waals surface area contributed by atoms with E-state index < -0.39 is 0 Å². The summed E-state index contributed by atoms with van der Waals surface area (Å²) in [6.45, 7) is 9.57. The monoisotopic (exact) mass is 415 g/mol. The average Bonchev–Trinajstić information content (AvgIpc) is 3.22. The third-order valence-electron chi connectivity index (χ3n) is 6.40. The van der Waals surface area contributed by atoms with Crippen molar-refractivity contribution in [2.24, 2.45) is 5.92 Å². The molecule has 7 nitrogen and oxygen atoms in total. The Balaban J connectivity index is 1.37. The Labute approximate surface area is 175 Å². The fourth-order valence-electron chi connectivity index (χ4n) is 4.86. The number of anilines is 1. The first-order valence-electron chi connectivity index (χ1n) is 10.7. The topological polar surface area (TPSA) is 67.4 Å². The Morgan fingerprint density at radius 3 is 2.79 bits per heavy atom. The van der Waals surface area contributed by atoms with E-state index in [-0.39, 0.29) is 11.5 Å². The molecule has 5 rings (SSSR count). The molecule has 0 saturated carbocycles. The van der Waals surface area contributed by atoms with Crippen molar-refractivity contribution in [2.75, 3.05) is 42.6 Å². The molecule has 3 aliphatic rings. The predicted molar refractivity (Wildman–Crippen MR) is 115 cm³/mol. The third kappa shape index (κ3) is 3.72. The van der Waals surface area contributed by atoms with Gasteiger partial charge in [-0.3, -0.25) is 9.69 Å². The number of fused-ring (bicyclic) bond motifs is 4. The lowest BCUT2D eigenvalue weighted by atomic mass is 9.83. The Kier molecular flexibility index (Phi) is 5.16. The van der Waals surface area contributed by atoms with E-state index in [1.165, 1.54) is 11.5 Å². The second-order valence-electron chi connectivity index (χ2n) is 8.88. The minimum absolute atomic E-state index is 0.212. The van der Waals surface area contributed by atoms with Crippen LogP contribution in [0.5, 0.6) is 0 Å². The summed E-state index contributed by atoms with van der Waals surface area (Å²) in [6, 6.07) is 4.88. The van der Waals surface area contributed by atoms with Gasteiger partial charge >= 0.3 is 6.01 Å². The molecule has 0 amide bonds. The van der Waals surface area contributed by atoms with E-state index in [0.717, 1.165) is 62.8 Å². The molecule has 8 heteroatoms. The van der Waals surface area contributed by atoms with Crippen LogP contribution in [0.2, 0.25) is 0 Å². The van der Waals surface area contributed by atoms with Crippen LogP contribution in [0.15, 0.2) is 21.5 Å². The zero-order valence-corrected chi connectivity index (χ0v) is 18.0. The summed E-state index contributed by atoms with van der Waals surface area (Å²) < 4.78 is 7.59. The fraction of sp³-hybridized carbons (Fsp3) is 0.667. The van der Waals surface area contributed by atoms with Gasteiger partial charge in [-0.2, -0.15) is 16.7 Å². The summed E-state index contributed by atoms with van der Waals surface area (Å²) >= 11 is 2.00. The van der Waals surface area contributed by atoms with Gasteiger partial charge in [0.2, 0.25) is 0 Å². The molecule has 0 aliphatic carbocycles. The molecule has 3 aliphatic heterocycles. The molecule has 2 aromatic rings. The predicted octanol–water partition coefficient (Wildman–Crippen LogP) is 2.53. The number of pyridine rings is 1. The maximum absolute atomic E-state index is 13.2. The first-order valence-corrected chi connectivity index (χ1v) is 11.8. The standard InChI is InChI=1S/C21H29N5O2S/c1-14(2)19-22-21(28-23-19)25-10-15-9-17(13-25)18-4-3-16(20(27)26(18)11-15)12-24-5-7-29-8-6-24/h3-4,14-15,17H,5-13H2,1-2H3/t15-,17+/m0/s1. The molecule has 0 spiro atoms. The molecule has 29 heavy (non-hydrogen) atoms. The minimum atomic E-state index is 0.212. The van der Waals surface area contributed by atoms with Crippen LogP contribution in [0.3, 0.4) is 0 Å². The SMILES string of the molecule is CC(C)c1noc(N2C[C@@H]3C[C@H](C2)c2ccc(CN4CCSCC4)c(=O)n2C3)n1. The highest BCUT2D eigenvalue weighted by Crippen LogP contribution is 2.37. The van der Waals surface area contributed by atoms with Gasteiger partial charge in [0.05, 0.1) is 0 Å². The van der Waals surface area contributed by atoms with E-state index in [2.05, 4.69) is 50.5 Å². The van der Waals surface area contributed by atoms with Crippen LogP contribution in [0.4, 0.5) is 6.01 Å². The van der Waals surface area contributed by atoms with Crippen LogP contribution in [0.1, 0.15) is 49.2 Å².